The first-order valence-electron chi connectivity index (χ1n) is 7.02. The number of para-hydroxylation sites is 2. The van der Waals surface area contributed by atoms with Crippen LogP contribution in [-0.4, -0.2) is 33.9 Å². The number of hydrogen-bond donors (Lipinski definition) is 2. The summed E-state index contributed by atoms with van der Waals surface area (Å²) in [5, 5.41) is 12.7. The van der Waals surface area contributed by atoms with Gasteiger partial charge in [0.1, 0.15) is 5.82 Å². The van der Waals surface area contributed by atoms with Gasteiger partial charge in [-0.1, -0.05) is 19.1 Å². The fraction of sp³-hybridized carbons (Fsp3) is 0.533. The normalized spacial score (nSPS) is 13.0. The van der Waals surface area contributed by atoms with Gasteiger partial charge in [0.25, 0.3) is 0 Å². The molecule has 1 atom stereocenters. The van der Waals surface area contributed by atoms with Gasteiger partial charge in [0.05, 0.1) is 11.0 Å². The van der Waals surface area contributed by atoms with Crippen LogP contribution in [0.1, 0.15) is 25.6 Å². The number of aliphatic hydroxyl groups is 1. The minimum Gasteiger partial charge on any atom is -0.396 e. The average Bonchev–Trinajstić information content (AvgIpc) is 2.73. The standard InChI is InChI=1S/C15H23N3O/c1-3-9-16-13(8-10-19)11-18-12(2)17-14-6-4-5-7-15(14)18/h4-7,13,16,19H,3,8-11H2,1-2H3. The van der Waals surface area contributed by atoms with E-state index in [1.807, 2.05) is 25.1 Å². The summed E-state index contributed by atoms with van der Waals surface area (Å²) in [6.07, 6.45) is 1.87. The molecule has 1 aromatic carbocycles. The summed E-state index contributed by atoms with van der Waals surface area (Å²) >= 11 is 0. The third-order valence-corrected chi connectivity index (χ3v) is 3.41. The Kier molecular flexibility index (Phi) is 4.93. The summed E-state index contributed by atoms with van der Waals surface area (Å²) in [5.41, 5.74) is 2.21. The van der Waals surface area contributed by atoms with Crippen molar-refractivity contribution in [3.05, 3.63) is 30.1 Å². The first kappa shape index (κ1) is 14.0. The zero-order chi connectivity index (χ0) is 13.7. The molecule has 0 aliphatic heterocycles. The fourth-order valence-electron chi connectivity index (χ4n) is 2.41. The second-order valence-electron chi connectivity index (χ2n) is 4.92. The quantitative estimate of drug-likeness (QED) is 0.802. The summed E-state index contributed by atoms with van der Waals surface area (Å²) in [6, 6.07) is 8.49. The van der Waals surface area contributed by atoms with E-state index in [1.165, 1.54) is 5.52 Å². The van der Waals surface area contributed by atoms with Crippen LogP contribution in [0.3, 0.4) is 0 Å². The number of nitrogens with one attached hydrogen (secondary N) is 1. The summed E-state index contributed by atoms with van der Waals surface area (Å²) < 4.78 is 2.23. The molecular formula is C15H23N3O. The molecule has 0 aliphatic carbocycles. The Morgan fingerprint density at radius 1 is 1.37 bits per heavy atom. The predicted molar refractivity (Wildman–Crippen MR) is 78.3 cm³/mol. The Morgan fingerprint density at radius 2 is 2.16 bits per heavy atom. The van der Waals surface area contributed by atoms with E-state index in [2.05, 4.69) is 27.9 Å². The Hall–Kier alpha value is -1.39. The van der Waals surface area contributed by atoms with Crippen molar-refractivity contribution in [2.75, 3.05) is 13.2 Å². The molecular weight excluding hydrogens is 238 g/mol. The monoisotopic (exact) mass is 261 g/mol. The maximum Gasteiger partial charge on any atom is 0.106 e. The molecule has 0 aliphatic rings. The van der Waals surface area contributed by atoms with Crippen LogP contribution in [-0.2, 0) is 6.54 Å². The van der Waals surface area contributed by atoms with Gasteiger partial charge in [-0.2, -0.15) is 0 Å². The van der Waals surface area contributed by atoms with E-state index in [1.54, 1.807) is 0 Å². The Balaban J connectivity index is 2.20. The lowest BCUT2D eigenvalue weighted by Crippen LogP contribution is -2.34. The van der Waals surface area contributed by atoms with E-state index in [0.717, 1.165) is 37.3 Å². The summed E-state index contributed by atoms with van der Waals surface area (Å²) in [7, 11) is 0. The minimum absolute atomic E-state index is 0.215. The van der Waals surface area contributed by atoms with Crippen molar-refractivity contribution in [3.63, 3.8) is 0 Å². The first-order valence-corrected chi connectivity index (χ1v) is 7.02. The van der Waals surface area contributed by atoms with E-state index in [4.69, 9.17) is 0 Å². The molecule has 1 unspecified atom stereocenters. The molecule has 4 nitrogen and oxygen atoms in total. The molecule has 0 saturated heterocycles. The van der Waals surface area contributed by atoms with Crippen LogP contribution in [0.5, 0.6) is 0 Å². The Labute approximate surface area is 114 Å². The molecule has 0 saturated carbocycles. The Morgan fingerprint density at radius 3 is 2.89 bits per heavy atom. The largest absolute Gasteiger partial charge is 0.396 e. The number of nitrogens with zero attached hydrogens (tertiary/aromatic N) is 2. The molecule has 19 heavy (non-hydrogen) atoms. The van der Waals surface area contributed by atoms with Gasteiger partial charge in [-0.3, -0.25) is 0 Å². The first-order chi connectivity index (χ1) is 9.26. The van der Waals surface area contributed by atoms with Gasteiger partial charge in [0, 0.05) is 19.2 Å². The molecule has 1 aromatic heterocycles. The molecule has 0 fully saturated rings. The fourth-order valence-corrected chi connectivity index (χ4v) is 2.41. The number of rotatable bonds is 7. The Bertz CT molecular complexity index is 521. The SMILES string of the molecule is CCCNC(CCO)Cn1c(C)nc2ccccc21. The van der Waals surface area contributed by atoms with E-state index < -0.39 is 0 Å². The molecule has 104 valence electrons. The van der Waals surface area contributed by atoms with Crippen LogP contribution < -0.4 is 5.32 Å². The van der Waals surface area contributed by atoms with Gasteiger partial charge in [-0.15, -0.1) is 0 Å². The minimum atomic E-state index is 0.215. The molecule has 1 heterocycles. The van der Waals surface area contributed by atoms with Crippen molar-refractivity contribution in [1.29, 1.82) is 0 Å². The van der Waals surface area contributed by atoms with Crippen LogP contribution in [0.4, 0.5) is 0 Å². The van der Waals surface area contributed by atoms with Gasteiger partial charge >= 0.3 is 0 Å². The number of fused-ring (bicyclic) bond motifs is 1. The number of aryl methyl sites for hydroxylation is 1. The highest BCUT2D eigenvalue weighted by molar-refractivity contribution is 5.75. The van der Waals surface area contributed by atoms with Crippen LogP contribution in [0.25, 0.3) is 11.0 Å². The maximum absolute atomic E-state index is 9.18. The molecule has 2 aromatic rings. The molecule has 4 heteroatoms. The third-order valence-electron chi connectivity index (χ3n) is 3.41. The second-order valence-corrected chi connectivity index (χ2v) is 4.92. The number of benzene rings is 1. The topological polar surface area (TPSA) is 50.1 Å². The smallest absolute Gasteiger partial charge is 0.106 e. The summed E-state index contributed by atoms with van der Waals surface area (Å²) in [4.78, 5) is 4.58. The van der Waals surface area contributed by atoms with Gasteiger partial charge in [-0.25, -0.2) is 4.98 Å². The number of hydrogen-bond acceptors (Lipinski definition) is 3. The summed E-state index contributed by atoms with van der Waals surface area (Å²) in [5.74, 6) is 1.03. The number of aromatic nitrogens is 2. The van der Waals surface area contributed by atoms with Crippen molar-refractivity contribution < 1.29 is 5.11 Å². The zero-order valence-electron chi connectivity index (χ0n) is 11.8. The highest BCUT2D eigenvalue weighted by Gasteiger charge is 2.12. The molecule has 0 spiro atoms. The van der Waals surface area contributed by atoms with Crippen molar-refractivity contribution in [1.82, 2.24) is 14.9 Å². The molecule has 0 bridgehead atoms. The van der Waals surface area contributed by atoms with E-state index in [-0.39, 0.29) is 6.61 Å². The number of imidazole rings is 1. The lowest BCUT2D eigenvalue weighted by atomic mass is 10.2. The van der Waals surface area contributed by atoms with Crippen LogP contribution in [0.15, 0.2) is 24.3 Å². The lowest BCUT2D eigenvalue weighted by Gasteiger charge is -2.19. The van der Waals surface area contributed by atoms with Crippen molar-refractivity contribution in [2.24, 2.45) is 0 Å². The predicted octanol–water partition coefficient (Wildman–Crippen LogP) is 2.10. The number of aliphatic hydroxyl groups excluding tert-OH is 1. The average molecular weight is 261 g/mol. The maximum atomic E-state index is 9.18. The molecule has 0 amide bonds. The van der Waals surface area contributed by atoms with Crippen LogP contribution in [0, 0.1) is 6.92 Å². The van der Waals surface area contributed by atoms with Crippen molar-refractivity contribution in [3.8, 4) is 0 Å². The highest BCUT2D eigenvalue weighted by Crippen LogP contribution is 2.16. The van der Waals surface area contributed by atoms with E-state index >= 15 is 0 Å². The molecule has 2 N–H and O–H groups in total. The molecule has 2 rings (SSSR count). The van der Waals surface area contributed by atoms with Gasteiger partial charge < -0.3 is 15.0 Å². The van der Waals surface area contributed by atoms with Crippen molar-refractivity contribution in [2.45, 2.75) is 39.3 Å². The van der Waals surface area contributed by atoms with Gasteiger partial charge in [0.2, 0.25) is 0 Å². The van der Waals surface area contributed by atoms with E-state index in [0.29, 0.717) is 6.04 Å². The zero-order valence-corrected chi connectivity index (χ0v) is 11.8. The van der Waals surface area contributed by atoms with Crippen LogP contribution in [0.2, 0.25) is 0 Å². The van der Waals surface area contributed by atoms with Gasteiger partial charge in [0.15, 0.2) is 0 Å². The molecule has 0 radical (unpaired) electrons. The van der Waals surface area contributed by atoms with Crippen LogP contribution >= 0.6 is 0 Å². The van der Waals surface area contributed by atoms with Gasteiger partial charge in [-0.05, 0) is 38.4 Å². The summed E-state index contributed by atoms with van der Waals surface area (Å²) in [6.45, 7) is 6.24. The second kappa shape index (κ2) is 6.68. The lowest BCUT2D eigenvalue weighted by molar-refractivity contribution is 0.256. The van der Waals surface area contributed by atoms with E-state index in [9.17, 15) is 5.11 Å². The highest BCUT2D eigenvalue weighted by atomic mass is 16.3. The third kappa shape index (κ3) is 3.33. The van der Waals surface area contributed by atoms with Crippen molar-refractivity contribution >= 4 is 11.0 Å².